The largest absolute Gasteiger partial charge is 0.489 e. The minimum Gasteiger partial charge on any atom is -0.489 e. The highest BCUT2D eigenvalue weighted by Crippen LogP contribution is 2.24. The van der Waals surface area contributed by atoms with E-state index >= 15 is 0 Å². The van der Waals surface area contributed by atoms with E-state index in [0.717, 1.165) is 26.1 Å². The van der Waals surface area contributed by atoms with Crippen LogP contribution < -0.4 is 4.74 Å². The smallest absolute Gasteiger partial charge is 0.328 e. The second kappa shape index (κ2) is 7.43. The van der Waals surface area contributed by atoms with Crippen molar-refractivity contribution in [3.63, 3.8) is 0 Å². The first-order chi connectivity index (χ1) is 10.0. The Hall–Kier alpha value is -1.59. The van der Waals surface area contributed by atoms with E-state index in [0.29, 0.717) is 12.4 Å². The van der Waals surface area contributed by atoms with Crippen molar-refractivity contribution < 1.29 is 14.6 Å². The predicted molar refractivity (Wildman–Crippen MR) is 89.3 cm³/mol. The number of carboxylic acid groups (broad SMARTS) is 1. The van der Waals surface area contributed by atoms with E-state index in [4.69, 9.17) is 9.84 Å². The molecule has 0 heterocycles. The summed E-state index contributed by atoms with van der Waals surface area (Å²) in [5, 5.41) is 8.67. The van der Waals surface area contributed by atoms with Crippen molar-refractivity contribution in [3.8, 4) is 5.75 Å². The Labute approximate surface area is 139 Å². The lowest BCUT2D eigenvalue weighted by Crippen LogP contribution is -1.95. The van der Waals surface area contributed by atoms with Gasteiger partial charge in [-0.2, -0.15) is 0 Å². The van der Waals surface area contributed by atoms with Gasteiger partial charge in [-0.3, -0.25) is 0 Å². The standard InChI is InChI=1S/C16H12Br2O3/c17-13-4-1-11(2-5-13)10-21-14-6-7-15(18)12(9-14)3-8-16(19)20/h1-9H,10H2,(H,19,20)/b8-3+. The molecular formula is C16H12Br2O3. The van der Waals surface area contributed by atoms with Gasteiger partial charge in [0.15, 0.2) is 0 Å². The number of carboxylic acids is 1. The Morgan fingerprint density at radius 3 is 2.52 bits per heavy atom. The molecule has 2 aromatic carbocycles. The Morgan fingerprint density at radius 2 is 1.86 bits per heavy atom. The van der Waals surface area contributed by atoms with Crippen LogP contribution in [-0.4, -0.2) is 11.1 Å². The summed E-state index contributed by atoms with van der Waals surface area (Å²) in [7, 11) is 0. The van der Waals surface area contributed by atoms with Crippen molar-refractivity contribution in [2.75, 3.05) is 0 Å². The first kappa shape index (κ1) is 15.8. The fourth-order valence-corrected chi connectivity index (χ4v) is 2.29. The summed E-state index contributed by atoms with van der Waals surface area (Å²) in [5.41, 5.74) is 1.81. The summed E-state index contributed by atoms with van der Waals surface area (Å²) in [4.78, 5) is 10.6. The van der Waals surface area contributed by atoms with Crippen LogP contribution in [0.4, 0.5) is 0 Å². The van der Waals surface area contributed by atoms with Crippen LogP contribution >= 0.6 is 31.9 Å². The van der Waals surface area contributed by atoms with Gasteiger partial charge in [0.2, 0.25) is 0 Å². The molecule has 0 amide bonds. The van der Waals surface area contributed by atoms with Gasteiger partial charge in [0.25, 0.3) is 0 Å². The summed E-state index contributed by atoms with van der Waals surface area (Å²) in [6.45, 7) is 0.455. The van der Waals surface area contributed by atoms with Crippen LogP contribution in [0.15, 0.2) is 57.5 Å². The Kier molecular flexibility index (Phi) is 5.59. The average molecular weight is 412 g/mol. The van der Waals surface area contributed by atoms with Gasteiger partial charge in [-0.25, -0.2) is 4.79 Å². The molecule has 0 fully saturated rings. The summed E-state index contributed by atoms with van der Waals surface area (Å²) < 4.78 is 7.56. The summed E-state index contributed by atoms with van der Waals surface area (Å²) in [5.74, 6) is -0.297. The van der Waals surface area contributed by atoms with E-state index < -0.39 is 5.97 Å². The van der Waals surface area contributed by atoms with E-state index in [1.165, 1.54) is 6.08 Å². The van der Waals surface area contributed by atoms with Gasteiger partial charge >= 0.3 is 5.97 Å². The zero-order chi connectivity index (χ0) is 15.2. The molecule has 2 aromatic rings. The molecule has 5 heteroatoms. The van der Waals surface area contributed by atoms with Crippen molar-refractivity contribution in [2.24, 2.45) is 0 Å². The molecule has 1 N–H and O–H groups in total. The van der Waals surface area contributed by atoms with Gasteiger partial charge in [-0.1, -0.05) is 44.0 Å². The van der Waals surface area contributed by atoms with Gasteiger partial charge in [0, 0.05) is 15.0 Å². The highest BCUT2D eigenvalue weighted by Gasteiger charge is 2.02. The summed E-state index contributed by atoms with van der Waals surface area (Å²) in [6, 6.07) is 13.3. The maximum Gasteiger partial charge on any atom is 0.328 e. The topological polar surface area (TPSA) is 46.5 Å². The normalized spacial score (nSPS) is 10.8. The number of rotatable bonds is 5. The molecule has 0 aliphatic carbocycles. The van der Waals surface area contributed by atoms with E-state index in [1.807, 2.05) is 36.4 Å². The van der Waals surface area contributed by atoms with E-state index in [-0.39, 0.29) is 0 Å². The molecule has 0 unspecified atom stereocenters. The molecule has 0 saturated heterocycles. The number of hydrogen-bond donors (Lipinski definition) is 1. The fourth-order valence-electron chi connectivity index (χ4n) is 1.65. The Balaban J connectivity index is 2.08. The lowest BCUT2D eigenvalue weighted by Gasteiger charge is -2.08. The lowest BCUT2D eigenvalue weighted by molar-refractivity contribution is -0.131. The van der Waals surface area contributed by atoms with Crippen LogP contribution in [0.1, 0.15) is 11.1 Å². The molecule has 21 heavy (non-hydrogen) atoms. The third-order valence-corrected chi connectivity index (χ3v) is 3.94. The molecule has 108 valence electrons. The molecule has 0 aromatic heterocycles. The zero-order valence-corrected chi connectivity index (χ0v) is 14.1. The first-order valence-electron chi connectivity index (χ1n) is 6.12. The number of hydrogen-bond acceptors (Lipinski definition) is 2. The molecule has 0 radical (unpaired) electrons. The third kappa shape index (κ3) is 5.02. The number of benzene rings is 2. The van der Waals surface area contributed by atoms with Crippen molar-refractivity contribution in [2.45, 2.75) is 6.61 Å². The number of aliphatic carboxylic acids is 1. The minimum absolute atomic E-state index is 0.455. The fraction of sp³-hybridized carbons (Fsp3) is 0.0625. The highest BCUT2D eigenvalue weighted by molar-refractivity contribution is 9.10. The van der Waals surface area contributed by atoms with Crippen molar-refractivity contribution >= 4 is 43.9 Å². The SMILES string of the molecule is O=C(O)/C=C/c1cc(OCc2ccc(Br)cc2)ccc1Br. The van der Waals surface area contributed by atoms with E-state index in [9.17, 15) is 4.79 Å². The molecule has 0 aliphatic rings. The Morgan fingerprint density at radius 1 is 1.14 bits per heavy atom. The van der Waals surface area contributed by atoms with Gasteiger partial charge in [0.1, 0.15) is 12.4 Å². The van der Waals surface area contributed by atoms with Gasteiger partial charge in [-0.05, 0) is 47.5 Å². The second-order valence-electron chi connectivity index (χ2n) is 4.27. The first-order valence-corrected chi connectivity index (χ1v) is 7.71. The average Bonchev–Trinajstić information content (AvgIpc) is 2.46. The quantitative estimate of drug-likeness (QED) is 0.712. The summed E-state index contributed by atoms with van der Waals surface area (Å²) >= 11 is 6.77. The van der Waals surface area contributed by atoms with Crippen LogP contribution in [0.3, 0.4) is 0 Å². The summed E-state index contributed by atoms with van der Waals surface area (Å²) in [6.07, 6.45) is 2.62. The van der Waals surface area contributed by atoms with Crippen LogP contribution in [0.25, 0.3) is 6.08 Å². The molecule has 2 rings (SSSR count). The number of halogens is 2. The highest BCUT2D eigenvalue weighted by atomic mass is 79.9. The maximum absolute atomic E-state index is 10.6. The number of ether oxygens (including phenoxy) is 1. The van der Waals surface area contributed by atoms with Gasteiger partial charge in [0.05, 0.1) is 0 Å². The molecule has 0 saturated carbocycles. The van der Waals surface area contributed by atoms with E-state index in [1.54, 1.807) is 6.07 Å². The molecule has 0 bridgehead atoms. The Bertz CT molecular complexity index is 664. The monoisotopic (exact) mass is 410 g/mol. The van der Waals surface area contributed by atoms with Gasteiger partial charge < -0.3 is 9.84 Å². The molecular weight excluding hydrogens is 400 g/mol. The van der Waals surface area contributed by atoms with Gasteiger partial charge in [-0.15, -0.1) is 0 Å². The van der Waals surface area contributed by atoms with E-state index in [2.05, 4.69) is 31.9 Å². The zero-order valence-electron chi connectivity index (χ0n) is 10.9. The van der Waals surface area contributed by atoms with Crippen molar-refractivity contribution in [1.29, 1.82) is 0 Å². The van der Waals surface area contributed by atoms with Crippen LogP contribution in [0.5, 0.6) is 5.75 Å². The number of carbonyl (C=O) groups is 1. The van der Waals surface area contributed by atoms with Crippen molar-refractivity contribution in [1.82, 2.24) is 0 Å². The molecule has 3 nitrogen and oxygen atoms in total. The third-order valence-electron chi connectivity index (χ3n) is 2.69. The maximum atomic E-state index is 10.6. The van der Waals surface area contributed by atoms with Crippen LogP contribution in [0, 0.1) is 0 Å². The minimum atomic E-state index is -0.983. The van der Waals surface area contributed by atoms with Crippen LogP contribution in [0.2, 0.25) is 0 Å². The van der Waals surface area contributed by atoms with Crippen molar-refractivity contribution in [3.05, 3.63) is 68.6 Å². The predicted octanol–water partition coefficient (Wildman–Crippen LogP) is 4.89. The second-order valence-corrected chi connectivity index (χ2v) is 6.04. The molecule has 0 atom stereocenters. The lowest BCUT2D eigenvalue weighted by atomic mass is 10.2. The molecule has 0 spiro atoms. The molecule has 0 aliphatic heterocycles. The van der Waals surface area contributed by atoms with Crippen LogP contribution in [-0.2, 0) is 11.4 Å².